The van der Waals surface area contributed by atoms with E-state index in [9.17, 15) is 9.90 Å². The lowest BCUT2D eigenvalue weighted by atomic mass is 10.0. The van der Waals surface area contributed by atoms with Crippen LogP contribution in [0.5, 0.6) is 0 Å². The Labute approximate surface area is 121 Å². The lowest BCUT2D eigenvalue weighted by molar-refractivity contribution is -0.123. The molecule has 19 heavy (non-hydrogen) atoms. The van der Waals surface area contributed by atoms with Gasteiger partial charge < -0.3 is 15.6 Å². The predicted molar refractivity (Wildman–Crippen MR) is 76.6 cm³/mol. The van der Waals surface area contributed by atoms with Crippen molar-refractivity contribution < 1.29 is 14.6 Å². The molecule has 5 nitrogen and oxygen atoms in total. The minimum atomic E-state index is -0.663. The Morgan fingerprint density at radius 3 is 2.79 bits per heavy atom. The quantitative estimate of drug-likeness (QED) is 0.779. The van der Waals surface area contributed by atoms with Gasteiger partial charge in [-0.05, 0) is 24.7 Å². The number of carbonyl (C=O) groups is 1. The van der Waals surface area contributed by atoms with Gasteiger partial charge in [-0.3, -0.25) is 9.69 Å². The standard InChI is InChI=1S/C13H19BrN2O3/c1-16(7-11(17)8-19-2)12(13(15)18)9-4-3-5-10(14)6-9/h3-6,11-12,17H,7-8H2,1-2H3,(H2,15,18). The molecule has 3 N–H and O–H groups in total. The molecule has 1 rings (SSSR count). The second kappa shape index (κ2) is 7.59. The number of hydrogen-bond acceptors (Lipinski definition) is 4. The van der Waals surface area contributed by atoms with E-state index in [2.05, 4.69) is 15.9 Å². The molecule has 2 atom stereocenters. The molecule has 0 saturated heterocycles. The van der Waals surface area contributed by atoms with Crippen LogP contribution in [-0.4, -0.2) is 49.3 Å². The fraction of sp³-hybridized carbons (Fsp3) is 0.462. The van der Waals surface area contributed by atoms with E-state index < -0.39 is 18.1 Å². The number of nitrogens with two attached hydrogens (primary N) is 1. The van der Waals surface area contributed by atoms with Crippen molar-refractivity contribution in [2.45, 2.75) is 12.1 Å². The molecular formula is C13H19BrN2O3. The summed E-state index contributed by atoms with van der Waals surface area (Å²) in [6, 6.07) is 6.81. The summed E-state index contributed by atoms with van der Waals surface area (Å²) in [7, 11) is 3.26. The maximum atomic E-state index is 11.6. The Kier molecular flexibility index (Phi) is 6.44. The maximum Gasteiger partial charge on any atom is 0.239 e. The molecule has 0 aliphatic rings. The summed E-state index contributed by atoms with van der Waals surface area (Å²) < 4.78 is 5.75. The summed E-state index contributed by atoms with van der Waals surface area (Å²) in [4.78, 5) is 13.4. The number of rotatable bonds is 7. The topological polar surface area (TPSA) is 75.8 Å². The van der Waals surface area contributed by atoms with Gasteiger partial charge in [0.2, 0.25) is 5.91 Å². The van der Waals surface area contributed by atoms with Gasteiger partial charge in [0, 0.05) is 18.1 Å². The first kappa shape index (κ1) is 16.1. The number of methoxy groups -OCH3 is 1. The molecule has 0 fully saturated rings. The number of primary amides is 1. The third-order valence-electron chi connectivity index (χ3n) is 2.73. The lowest BCUT2D eigenvalue weighted by Crippen LogP contribution is -2.40. The first-order valence-corrected chi connectivity index (χ1v) is 6.67. The number of hydrogen-bond donors (Lipinski definition) is 2. The van der Waals surface area contributed by atoms with E-state index in [4.69, 9.17) is 10.5 Å². The van der Waals surface area contributed by atoms with Crippen molar-refractivity contribution >= 4 is 21.8 Å². The Morgan fingerprint density at radius 1 is 1.58 bits per heavy atom. The van der Waals surface area contributed by atoms with E-state index in [1.165, 1.54) is 7.11 Å². The Balaban J connectivity index is 2.86. The van der Waals surface area contributed by atoms with Crippen LogP contribution in [0.2, 0.25) is 0 Å². The SMILES string of the molecule is COCC(O)CN(C)C(C(N)=O)c1cccc(Br)c1. The van der Waals surface area contributed by atoms with Gasteiger partial charge in [0.05, 0.1) is 12.7 Å². The van der Waals surface area contributed by atoms with E-state index in [1.54, 1.807) is 11.9 Å². The number of likely N-dealkylation sites (N-methyl/N-ethyl adjacent to an activating group) is 1. The van der Waals surface area contributed by atoms with Gasteiger partial charge in [-0.1, -0.05) is 28.1 Å². The number of amides is 1. The number of ether oxygens (including phenoxy) is 1. The van der Waals surface area contributed by atoms with Crippen molar-refractivity contribution in [2.24, 2.45) is 5.73 Å². The minimum Gasteiger partial charge on any atom is -0.389 e. The molecule has 1 amide bonds. The van der Waals surface area contributed by atoms with E-state index >= 15 is 0 Å². The van der Waals surface area contributed by atoms with Gasteiger partial charge in [0.1, 0.15) is 6.04 Å². The van der Waals surface area contributed by atoms with Crippen LogP contribution in [0.25, 0.3) is 0 Å². The van der Waals surface area contributed by atoms with Crippen LogP contribution in [-0.2, 0) is 9.53 Å². The predicted octanol–water partition coefficient (Wildman–Crippen LogP) is 0.915. The van der Waals surface area contributed by atoms with Crippen molar-refractivity contribution in [2.75, 3.05) is 27.3 Å². The molecule has 1 aromatic carbocycles. The van der Waals surface area contributed by atoms with Gasteiger partial charge in [0.15, 0.2) is 0 Å². The van der Waals surface area contributed by atoms with Crippen LogP contribution < -0.4 is 5.73 Å². The second-order valence-electron chi connectivity index (χ2n) is 4.41. The van der Waals surface area contributed by atoms with Crippen molar-refractivity contribution in [1.29, 1.82) is 0 Å². The average Bonchev–Trinajstić information content (AvgIpc) is 2.28. The third kappa shape index (κ3) is 4.91. The fourth-order valence-corrected chi connectivity index (χ4v) is 2.41. The summed E-state index contributed by atoms with van der Waals surface area (Å²) in [5.74, 6) is -0.454. The minimum absolute atomic E-state index is 0.217. The highest BCUT2D eigenvalue weighted by Crippen LogP contribution is 2.22. The molecule has 0 spiro atoms. The maximum absolute atomic E-state index is 11.6. The molecule has 106 valence electrons. The summed E-state index contributed by atoms with van der Waals surface area (Å²) in [5, 5.41) is 9.72. The molecule has 2 unspecified atom stereocenters. The molecule has 0 saturated carbocycles. The highest BCUT2D eigenvalue weighted by atomic mass is 79.9. The molecule has 0 aromatic heterocycles. The number of carbonyl (C=O) groups excluding carboxylic acids is 1. The van der Waals surface area contributed by atoms with Gasteiger partial charge in [-0.15, -0.1) is 0 Å². The molecule has 6 heteroatoms. The first-order chi connectivity index (χ1) is 8.95. The lowest BCUT2D eigenvalue weighted by Gasteiger charge is -2.27. The summed E-state index contributed by atoms with van der Waals surface area (Å²) in [6.07, 6.45) is -0.663. The van der Waals surface area contributed by atoms with Crippen LogP contribution in [0.4, 0.5) is 0 Å². The van der Waals surface area contributed by atoms with Crippen LogP contribution in [0, 0.1) is 0 Å². The number of aliphatic hydroxyl groups is 1. The highest BCUT2D eigenvalue weighted by molar-refractivity contribution is 9.10. The average molecular weight is 331 g/mol. The van der Waals surface area contributed by atoms with Crippen LogP contribution in [0.3, 0.4) is 0 Å². The Hall–Kier alpha value is -0.950. The van der Waals surface area contributed by atoms with E-state index in [1.807, 2.05) is 24.3 Å². The number of halogens is 1. The zero-order chi connectivity index (χ0) is 14.4. The molecule has 0 aliphatic heterocycles. The van der Waals surface area contributed by atoms with Crippen molar-refractivity contribution in [1.82, 2.24) is 4.90 Å². The molecule has 0 radical (unpaired) electrons. The third-order valence-corrected chi connectivity index (χ3v) is 3.23. The monoisotopic (exact) mass is 330 g/mol. The van der Waals surface area contributed by atoms with Crippen molar-refractivity contribution in [3.8, 4) is 0 Å². The van der Waals surface area contributed by atoms with Crippen molar-refractivity contribution in [3.05, 3.63) is 34.3 Å². The first-order valence-electron chi connectivity index (χ1n) is 5.87. The molecular weight excluding hydrogens is 312 g/mol. The second-order valence-corrected chi connectivity index (χ2v) is 5.32. The van der Waals surface area contributed by atoms with E-state index in [-0.39, 0.29) is 6.61 Å². The molecule has 0 aliphatic carbocycles. The van der Waals surface area contributed by atoms with Crippen LogP contribution in [0.1, 0.15) is 11.6 Å². The molecule has 0 heterocycles. The normalized spacial score (nSPS) is 14.4. The van der Waals surface area contributed by atoms with E-state index in [0.717, 1.165) is 10.0 Å². The summed E-state index contributed by atoms with van der Waals surface area (Å²) in [5.41, 5.74) is 6.25. The van der Waals surface area contributed by atoms with Crippen LogP contribution >= 0.6 is 15.9 Å². The number of aliphatic hydroxyl groups excluding tert-OH is 1. The smallest absolute Gasteiger partial charge is 0.239 e. The Morgan fingerprint density at radius 2 is 2.26 bits per heavy atom. The van der Waals surface area contributed by atoms with E-state index in [0.29, 0.717) is 6.54 Å². The van der Waals surface area contributed by atoms with Gasteiger partial charge in [0.25, 0.3) is 0 Å². The largest absolute Gasteiger partial charge is 0.389 e. The zero-order valence-electron chi connectivity index (χ0n) is 11.0. The fourth-order valence-electron chi connectivity index (χ4n) is 2.00. The number of nitrogens with zero attached hydrogens (tertiary/aromatic N) is 1. The molecule has 1 aromatic rings. The van der Waals surface area contributed by atoms with Crippen LogP contribution in [0.15, 0.2) is 28.7 Å². The number of benzene rings is 1. The zero-order valence-corrected chi connectivity index (χ0v) is 12.6. The van der Waals surface area contributed by atoms with Gasteiger partial charge in [-0.2, -0.15) is 0 Å². The molecule has 0 bridgehead atoms. The van der Waals surface area contributed by atoms with Gasteiger partial charge >= 0.3 is 0 Å². The van der Waals surface area contributed by atoms with Gasteiger partial charge in [-0.25, -0.2) is 0 Å². The highest BCUT2D eigenvalue weighted by Gasteiger charge is 2.24. The Bertz CT molecular complexity index is 428. The van der Waals surface area contributed by atoms with Crippen molar-refractivity contribution in [3.63, 3.8) is 0 Å². The summed E-state index contributed by atoms with van der Waals surface area (Å²) >= 11 is 3.36. The summed E-state index contributed by atoms with van der Waals surface area (Å²) in [6.45, 7) is 0.516.